The van der Waals surface area contributed by atoms with E-state index in [4.69, 9.17) is 0 Å². The van der Waals surface area contributed by atoms with Crippen LogP contribution in [0, 0.1) is 6.92 Å². The molecule has 0 unspecified atom stereocenters. The van der Waals surface area contributed by atoms with Crippen molar-refractivity contribution < 1.29 is 9.59 Å². The molecule has 2 aromatic rings. The maximum absolute atomic E-state index is 12.1. The largest absolute Gasteiger partial charge is 0.299 e. The van der Waals surface area contributed by atoms with Crippen LogP contribution in [0.1, 0.15) is 25.8 Å². The van der Waals surface area contributed by atoms with Crippen LogP contribution in [0.15, 0.2) is 30.5 Å². The third-order valence-electron chi connectivity index (χ3n) is 3.14. The second-order valence-electron chi connectivity index (χ2n) is 4.66. The Morgan fingerprint density at radius 2 is 1.95 bits per heavy atom. The summed E-state index contributed by atoms with van der Waals surface area (Å²) >= 11 is 0. The first-order chi connectivity index (χ1) is 9.04. The van der Waals surface area contributed by atoms with Gasteiger partial charge in [0.05, 0.1) is 11.9 Å². The van der Waals surface area contributed by atoms with Gasteiger partial charge < -0.3 is 0 Å². The minimum atomic E-state index is -0.171. The van der Waals surface area contributed by atoms with Crippen molar-refractivity contribution in [3.63, 3.8) is 0 Å². The van der Waals surface area contributed by atoms with Gasteiger partial charge in [0.25, 0.3) is 0 Å². The number of rotatable bonds is 4. The Bertz CT molecular complexity index is 628. The summed E-state index contributed by atoms with van der Waals surface area (Å²) in [5.74, 6) is -0.285. The molecule has 2 rings (SSSR count). The van der Waals surface area contributed by atoms with Crippen molar-refractivity contribution in [1.29, 1.82) is 0 Å². The first-order valence-corrected chi connectivity index (χ1v) is 6.41. The second kappa shape index (κ2) is 5.26. The highest BCUT2D eigenvalue weighted by Gasteiger charge is 2.17. The molecule has 1 amide bonds. The van der Waals surface area contributed by atoms with E-state index >= 15 is 0 Å². The Kier molecular flexibility index (Phi) is 3.69. The van der Waals surface area contributed by atoms with Gasteiger partial charge in [0.1, 0.15) is 5.78 Å². The van der Waals surface area contributed by atoms with E-state index in [0.717, 1.165) is 16.5 Å². The van der Waals surface area contributed by atoms with Crippen molar-refractivity contribution >= 4 is 22.6 Å². The molecule has 0 aliphatic heterocycles. The highest BCUT2D eigenvalue weighted by Crippen LogP contribution is 2.20. The van der Waals surface area contributed by atoms with Crippen LogP contribution < -0.4 is 5.01 Å². The first kappa shape index (κ1) is 13.3. The molecule has 1 aromatic heterocycles. The minimum absolute atomic E-state index is 0.0562. The van der Waals surface area contributed by atoms with Crippen molar-refractivity contribution in [2.24, 2.45) is 0 Å². The predicted molar refractivity (Wildman–Crippen MR) is 75.7 cm³/mol. The topological polar surface area (TPSA) is 42.3 Å². The molecule has 0 fully saturated rings. The molecule has 0 aliphatic rings. The van der Waals surface area contributed by atoms with Gasteiger partial charge in [-0.05, 0) is 32.4 Å². The molecule has 0 bridgehead atoms. The molecule has 0 spiro atoms. The fourth-order valence-electron chi connectivity index (χ4n) is 2.28. The summed E-state index contributed by atoms with van der Waals surface area (Å²) in [6.45, 7) is 5.89. The normalized spacial score (nSPS) is 10.7. The Morgan fingerprint density at radius 1 is 1.26 bits per heavy atom. The summed E-state index contributed by atoms with van der Waals surface area (Å²) in [7, 11) is 0. The van der Waals surface area contributed by atoms with Gasteiger partial charge in [-0.25, -0.2) is 5.01 Å². The van der Waals surface area contributed by atoms with E-state index in [1.165, 1.54) is 6.92 Å². The summed E-state index contributed by atoms with van der Waals surface area (Å²) in [5.41, 5.74) is 2.10. The van der Waals surface area contributed by atoms with Crippen molar-refractivity contribution in [2.45, 2.75) is 27.2 Å². The van der Waals surface area contributed by atoms with Gasteiger partial charge in [-0.15, -0.1) is 0 Å². The number of amides is 1. The zero-order valence-electron chi connectivity index (χ0n) is 11.5. The number of benzene rings is 1. The highest BCUT2D eigenvalue weighted by molar-refractivity contribution is 6.02. The van der Waals surface area contributed by atoms with Crippen LogP contribution in [0.2, 0.25) is 0 Å². The number of ketones is 1. The zero-order chi connectivity index (χ0) is 14.0. The van der Waals surface area contributed by atoms with Crippen LogP contribution in [0.5, 0.6) is 0 Å². The Morgan fingerprint density at radius 3 is 2.58 bits per heavy atom. The Balaban J connectivity index is 2.46. The zero-order valence-corrected chi connectivity index (χ0v) is 11.5. The van der Waals surface area contributed by atoms with Crippen LogP contribution >= 0.6 is 0 Å². The summed E-state index contributed by atoms with van der Waals surface area (Å²) < 4.78 is 1.84. The molecule has 0 atom stereocenters. The van der Waals surface area contributed by atoms with Gasteiger partial charge in [0, 0.05) is 18.1 Å². The van der Waals surface area contributed by atoms with E-state index in [1.807, 2.05) is 49.0 Å². The van der Waals surface area contributed by atoms with Gasteiger partial charge in [-0.3, -0.25) is 14.3 Å². The lowest BCUT2D eigenvalue weighted by Gasteiger charge is -2.22. The number of carbonyl (C=O) groups is 2. The molecule has 1 aromatic carbocycles. The number of para-hydroxylation sites is 1. The van der Waals surface area contributed by atoms with Gasteiger partial charge in [-0.1, -0.05) is 18.2 Å². The first-order valence-electron chi connectivity index (χ1n) is 6.41. The summed E-state index contributed by atoms with van der Waals surface area (Å²) in [4.78, 5) is 23.2. The van der Waals surface area contributed by atoms with Gasteiger partial charge in [0.15, 0.2) is 0 Å². The molecule has 0 saturated carbocycles. The summed E-state index contributed by atoms with van der Waals surface area (Å²) in [6, 6.07) is 7.94. The molecule has 0 N–H and O–H groups in total. The van der Waals surface area contributed by atoms with E-state index in [-0.39, 0.29) is 18.1 Å². The van der Waals surface area contributed by atoms with E-state index in [0.29, 0.717) is 6.54 Å². The van der Waals surface area contributed by atoms with E-state index in [1.54, 1.807) is 5.01 Å². The Labute approximate surface area is 112 Å². The van der Waals surface area contributed by atoms with Crippen molar-refractivity contribution in [2.75, 3.05) is 11.6 Å². The number of hydrogen-bond acceptors (Lipinski definition) is 2. The van der Waals surface area contributed by atoms with Crippen LogP contribution in [-0.4, -0.2) is 22.9 Å². The fourth-order valence-corrected chi connectivity index (χ4v) is 2.28. The molecule has 19 heavy (non-hydrogen) atoms. The van der Waals surface area contributed by atoms with Gasteiger partial charge in [0.2, 0.25) is 5.91 Å². The van der Waals surface area contributed by atoms with Crippen molar-refractivity contribution in [1.82, 2.24) is 4.68 Å². The number of hydrogen-bond donors (Lipinski definition) is 0. The molecule has 4 heteroatoms. The number of carbonyl (C=O) groups excluding carboxylic acids is 2. The number of Topliss-reactive ketones (excluding diaryl/α,β-unsaturated/α-hetero) is 1. The van der Waals surface area contributed by atoms with E-state index in [9.17, 15) is 9.59 Å². The monoisotopic (exact) mass is 258 g/mol. The number of aromatic nitrogens is 1. The second-order valence-corrected chi connectivity index (χ2v) is 4.66. The quantitative estimate of drug-likeness (QED) is 0.790. The molecule has 0 radical (unpaired) electrons. The van der Waals surface area contributed by atoms with E-state index in [2.05, 4.69) is 0 Å². The third kappa shape index (κ3) is 2.52. The van der Waals surface area contributed by atoms with Crippen LogP contribution in [0.25, 0.3) is 10.9 Å². The SMILES string of the molecule is CCN(C(=O)CC(C)=O)n1cc(C)c2ccccc21. The maximum atomic E-state index is 12.1. The highest BCUT2D eigenvalue weighted by atomic mass is 16.2. The maximum Gasteiger partial charge on any atom is 0.248 e. The number of fused-ring (bicyclic) bond motifs is 1. The molecule has 4 nitrogen and oxygen atoms in total. The lowest BCUT2D eigenvalue weighted by Crippen LogP contribution is -2.40. The number of nitrogens with zero attached hydrogens (tertiary/aromatic N) is 2. The molecule has 1 heterocycles. The average molecular weight is 258 g/mol. The van der Waals surface area contributed by atoms with Crippen LogP contribution in [0.4, 0.5) is 0 Å². The molecule has 0 saturated heterocycles. The molecular formula is C15H18N2O2. The van der Waals surface area contributed by atoms with Crippen LogP contribution in [-0.2, 0) is 9.59 Å². The fraction of sp³-hybridized carbons (Fsp3) is 0.333. The standard InChI is InChI=1S/C15H18N2O2/c1-4-16(15(19)9-12(3)18)17-10-11(2)13-7-5-6-8-14(13)17/h5-8,10H,4,9H2,1-3H3. The summed E-state index contributed by atoms with van der Waals surface area (Å²) in [6.07, 6.45) is 1.88. The predicted octanol–water partition coefficient (Wildman–Crippen LogP) is 2.41. The third-order valence-corrected chi connectivity index (χ3v) is 3.14. The van der Waals surface area contributed by atoms with Crippen molar-refractivity contribution in [3.8, 4) is 0 Å². The lowest BCUT2D eigenvalue weighted by atomic mass is 10.2. The number of aryl methyl sites for hydroxylation is 1. The van der Waals surface area contributed by atoms with E-state index < -0.39 is 0 Å². The van der Waals surface area contributed by atoms with Gasteiger partial charge >= 0.3 is 0 Å². The van der Waals surface area contributed by atoms with Gasteiger partial charge in [-0.2, -0.15) is 0 Å². The summed E-state index contributed by atoms with van der Waals surface area (Å²) in [5, 5.41) is 2.73. The molecule has 100 valence electrons. The van der Waals surface area contributed by atoms with Crippen LogP contribution in [0.3, 0.4) is 0 Å². The minimum Gasteiger partial charge on any atom is -0.299 e. The average Bonchev–Trinajstić information content (AvgIpc) is 2.68. The Hall–Kier alpha value is -2.10. The molecule has 0 aliphatic carbocycles. The van der Waals surface area contributed by atoms with Crippen molar-refractivity contribution in [3.05, 3.63) is 36.0 Å². The lowest BCUT2D eigenvalue weighted by molar-refractivity contribution is -0.126. The molecular weight excluding hydrogens is 240 g/mol. The smallest absolute Gasteiger partial charge is 0.248 e.